The maximum atomic E-state index is 7.84. The third-order valence-electron chi connectivity index (χ3n) is 3.10. The standard InChI is InChI=1S/C16H25N/c1-11(17)12-8-13(15(2,3)4)10-14(9-12)16(5,6)7/h8-10,17H,1-7H3. The molecule has 0 heterocycles. The van der Waals surface area contributed by atoms with E-state index in [9.17, 15) is 0 Å². The molecule has 0 aliphatic heterocycles. The summed E-state index contributed by atoms with van der Waals surface area (Å²) >= 11 is 0. The van der Waals surface area contributed by atoms with Gasteiger partial charge in [0.1, 0.15) is 0 Å². The molecule has 0 aromatic heterocycles. The zero-order valence-electron chi connectivity index (χ0n) is 12.2. The van der Waals surface area contributed by atoms with Gasteiger partial charge in [-0.2, -0.15) is 0 Å². The Hall–Kier alpha value is -1.11. The predicted octanol–water partition coefficient (Wildman–Crippen LogP) is 4.67. The molecule has 0 amide bonds. The van der Waals surface area contributed by atoms with E-state index >= 15 is 0 Å². The minimum absolute atomic E-state index is 0.130. The van der Waals surface area contributed by atoms with Crippen molar-refractivity contribution in [3.63, 3.8) is 0 Å². The lowest BCUT2D eigenvalue weighted by Gasteiger charge is -2.26. The summed E-state index contributed by atoms with van der Waals surface area (Å²) in [5.41, 5.74) is 4.57. The van der Waals surface area contributed by atoms with Crippen molar-refractivity contribution in [1.29, 1.82) is 5.41 Å². The molecular formula is C16H25N. The second-order valence-electron chi connectivity index (χ2n) is 6.92. The van der Waals surface area contributed by atoms with Crippen LogP contribution in [-0.2, 0) is 10.8 Å². The molecule has 1 nitrogen and oxygen atoms in total. The molecule has 0 saturated carbocycles. The van der Waals surface area contributed by atoms with Crippen molar-refractivity contribution in [3.05, 3.63) is 34.9 Å². The third-order valence-corrected chi connectivity index (χ3v) is 3.10. The minimum atomic E-state index is 0.130. The Morgan fingerprint density at radius 2 is 1.18 bits per heavy atom. The van der Waals surface area contributed by atoms with Crippen LogP contribution in [0.1, 0.15) is 65.2 Å². The number of nitrogens with one attached hydrogen (secondary N) is 1. The molecule has 0 bridgehead atoms. The van der Waals surface area contributed by atoms with Crippen LogP contribution in [0.25, 0.3) is 0 Å². The van der Waals surface area contributed by atoms with E-state index < -0.39 is 0 Å². The average molecular weight is 231 g/mol. The van der Waals surface area contributed by atoms with Gasteiger partial charge in [0.05, 0.1) is 0 Å². The van der Waals surface area contributed by atoms with E-state index in [4.69, 9.17) is 5.41 Å². The van der Waals surface area contributed by atoms with E-state index in [2.05, 4.69) is 59.7 Å². The summed E-state index contributed by atoms with van der Waals surface area (Å²) in [5.74, 6) is 0. The molecule has 0 aliphatic rings. The Morgan fingerprint density at radius 3 is 1.41 bits per heavy atom. The van der Waals surface area contributed by atoms with Crippen LogP contribution in [-0.4, -0.2) is 5.71 Å². The lowest BCUT2D eigenvalue weighted by Crippen LogP contribution is -2.17. The average Bonchev–Trinajstić information content (AvgIpc) is 2.14. The van der Waals surface area contributed by atoms with Gasteiger partial charge in [-0.15, -0.1) is 0 Å². The van der Waals surface area contributed by atoms with Gasteiger partial charge >= 0.3 is 0 Å². The largest absolute Gasteiger partial charge is 0.305 e. The molecule has 94 valence electrons. The number of hydrogen-bond acceptors (Lipinski definition) is 1. The number of rotatable bonds is 1. The first-order chi connectivity index (χ1) is 7.51. The molecule has 1 rings (SSSR count). The zero-order chi connectivity index (χ0) is 13.4. The summed E-state index contributed by atoms with van der Waals surface area (Å²) < 4.78 is 0. The van der Waals surface area contributed by atoms with Crippen molar-refractivity contribution in [2.24, 2.45) is 0 Å². The Balaban J connectivity index is 3.45. The highest BCUT2D eigenvalue weighted by Crippen LogP contribution is 2.30. The maximum absolute atomic E-state index is 7.84. The molecule has 0 fully saturated rings. The summed E-state index contributed by atoms with van der Waals surface area (Å²) in [4.78, 5) is 0. The Kier molecular flexibility index (Phi) is 3.52. The van der Waals surface area contributed by atoms with Crippen molar-refractivity contribution in [3.8, 4) is 0 Å². The van der Waals surface area contributed by atoms with E-state index in [0.29, 0.717) is 5.71 Å². The molecule has 0 atom stereocenters. The molecule has 0 unspecified atom stereocenters. The van der Waals surface area contributed by atoms with E-state index in [0.717, 1.165) is 5.56 Å². The van der Waals surface area contributed by atoms with Crippen LogP contribution < -0.4 is 0 Å². The Morgan fingerprint density at radius 1 is 0.824 bits per heavy atom. The number of hydrogen-bond donors (Lipinski definition) is 1. The minimum Gasteiger partial charge on any atom is -0.305 e. The summed E-state index contributed by atoms with van der Waals surface area (Å²) in [6, 6.07) is 6.58. The van der Waals surface area contributed by atoms with Crippen LogP contribution in [0.3, 0.4) is 0 Å². The van der Waals surface area contributed by atoms with Crippen molar-refractivity contribution in [1.82, 2.24) is 0 Å². The van der Waals surface area contributed by atoms with E-state index in [1.807, 2.05) is 6.92 Å². The van der Waals surface area contributed by atoms with Gasteiger partial charge in [-0.3, -0.25) is 0 Å². The molecule has 1 aromatic rings. The third kappa shape index (κ3) is 3.42. The van der Waals surface area contributed by atoms with Gasteiger partial charge in [0, 0.05) is 5.71 Å². The van der Waals surface area contributed by atoms with Crippen LogP contribution >= 0.6 is 0 Å². The van der Waals surface area contributed by atoms with Crippen molar-refractivity contribution >= 4 is 5.71 Å². The smallest absolute Gasteiger partial charge is 0.0355 e. The monoisotopic (exact) mass is 231 g/mol. The normalized spacial score (nSPS) is 12.6. The van der Waals surface area contributed by atoms with Crippen molar-refractivity contribution in [2.45, 2.75) is 59.3 Å². The highest BCUT2D eigenvalue weighted by molar-refractivity contribution is 5.96. The summed E-state index contributed by atoms with van der Waals surface area (Å²) in [5, 5.41) is 7.84. The SMILES string of the molecule is CC(=N)c1cc(C(C)(C)C)cc(C(C)(C)C)c1. The molecule has 17 heavy (non-hydrogen) atoms. The molecule has 0 saturated heterocycles. The first-order valence-electron chi connectivity index (χ1n) is 6.23. The van der Waals surface area contributed by atoms with Crippen LogP contribution in [0.2, 0.25) is 0 Å². The van der Waals surface area contributed by atoms with E-state index in [-0.39, 0.29) is 10.8 Å². The fraction of sp³-hybridized carbons (Fsp3) is 0.562. The van der Waals surface area contributed by atoms with E-state index in [1.54, 1.807) is 0 Å². The topological polar surface area (TPSA) is 23.9 Å². The molecule has 1 N–H and O–H groups in total. The quantitative estimate of drug-likeness (QED) is 0.679. The lowest BCUT2D eigenvalue weighted by atomic mass is 9.79. The van der Waals surface area contributed by atoms with Crippen molar-refractivity contribution < 1.29 is 0 Å². The predicted molar refractivity (Wildman–Crippen MR) is 76.3 cm³/mol. The van der Waals surface area contributed by atoms with Crippen LogP contribution in [0, 0.1) is 5.41 Å². The summed E-state index contributed by atoms with van der Waals surface area (Å²) in [7, 11) is 0. The first kappa shape index (κ1) is 14.0. The summed E-state index contributed by atoms with van der Waals surface area (Å²) in [6.45, 7) is 15.2. The molecule has 1 aromatic carbocycles. The van der Waals surface area contributed by atoms with Gasteiger partial charge in [-0.1, -0.05) is 47.6 Å². The van der Waals surface area contributed by atoms with Crippen LogP contribution in [0.5, 0.6) is 0 Å². The fourth-order valence-electron chi connectivity index (χ4n) is 1.71. The molecule has 0 radical (unpaired) electrons. The number of benzene rings is 1. The molecular weight excluding hydrogens is 206 g/mol. The van der Waals surface area contributed by atoms with Gasteiger partial charge in [-0.25, -0.2) is 0 Å². The Labute approximate surface area is 106 Å². The van der Waals surface area contributed by atoms with Gasteiger partial charge in [0.25, 0.3) is 0 Å². The zero-order valence-corrected chi connectivity index (χ0v) is 12.2. The van der Waals surface area contributed by atoms with E-state index in [1.165, 1.54) is 11.1 Å². The van der Waals surface area contributed by atoms with Crippen molar-refractivity contribution in [2.75, 3.05) is 0 Å². The van der Waals surface area contributed by atoms with Gasteiger partial charge in [-0.05, 0) is 46.6 Å². The first-order valence-corrected chi connectivity index (χ1v) is 6.23. The maximum Gasteiger partial charge on any atom is 0.0355 e. The van der Waals surface area contributed by atoms with Gasteiger partial charge in [0.15, 0.2) is 0 Å². The van der Waals surface area contributed by atoms with Gasteiger partial charge < -0.3 is 5.41 Å². The second kappa shape index (κ2) is 4.29. The highest BCUT2D eigenvalue weighted by atomic mass is 14.4. The molecule has 0 aliphatic carbocycles. The van der Waals surface area contributed by atoms with Crippen LogP contribution in [0.15, 0.2) is 18.2 Å². The highest BCUT2D eigenvalue weighted by Gasteiger charge is 2.20. The second-order valence-corrected chi connectivity index (χ2v) is 6.92. The molecule has 1 heteroatoms. The summed E-state index contributed by atoms with van der Waals surface area (Å²) in [6.07, 6.45) is 0. The van der Waals surface area contributed by atoms with Crippen LogP contribution in [0.4, 0.5) is 0 Å². The fourth-order valence-corrected chi connectivity index (χ4v) is 1.71. The van der Waals surface area contributed by atoms with Gasteiger partial charge in [0.2, 0.25) is 0 Å². The Bertz CT molecular complexity index is 396. The lowest BCUT2D eigenvalue weighted by molar-refractivity contribution is 0.568. The molecule has 0 spiro atoms.